The lowest BCUT2D eigenvalue weighted by atomic mass is 10.2. The van der Waals surface area contributed by atoms with Crippen molar-refractivity contribution in [1.29, 1.82) is 0 Å². The van der Waals surface area contributed by atoms with Crippen LogP contribution in [0.4, 0.5) is 4.39 Å². The molecule has 0 aliphatic rings. The average Bonchev–Trinajstić information content (AvgIpc) is 2.52. The molecule has 3 heteroatoms. The van der Waals surface area contributed by atoms with E-state index in [2.05, 4.69) is 11.6 Å². The third-order valence-electron chi connectivity index (χ3n) is 1.64. The van der Waals surface area contributed by atoms with Gasteiger partial charge in [0.15, 0.2) is 17.8 Å². The predicted octanol–water partition coefficient (Wildman–Crippen LogP) is 2.61. The first-order valence-corrected chi connectivity index (χ1v) is 3.46. The molecule has 0 saturated carbocycles. The molecule has 0 amide bonds. The molecule has 0 spiro atoms. The summed E-state index contributed by atoms with van der Waals surface area (Å²) in [5.74, 6) is -0.403. The lowest BCUT2D eigenvalue weighted by Crippen LogP contribution is -1.78. The van der Waals surface area contributed by atoms with E-state index in [4.69, 9.17) is 4.42 Å². The van der Waals surface area contributed by atoms with Crippen LogP contribution in [0.1, 0.15) is 5.56 Å². The summed E-state index contributed by atoms with van der Waals surface area (Å²) in [5, 5.41) is 0. The highest BCUT2D eigenvalue weighted by Crippen LogP contribution is 2.18. The molecule has 0 radical (unpaired) electrons. The number of hydrogen-bond acceptors (Lipinski definition) is 2. The molecule has 2 nitrogen and oxygen atoms in total. The molecular formula is C9H6FNO. The quantitative estimate of drug-likeness (QED) is 0.645. The molecule has 0 fully saturated rings. The van der Waals surface area contributed by atoms with Gasteiger partial charge >= 0.3 is 0 Å². The van der Waals surface area contributed by atoms with Gasteiger partial charge in [0.05, 0.1) is 0 Å². The highest BCUT2D eigenvalue weighted by Gasteiger charge is 2.05. The van der Waals surface area contributed by atoms with E-state index in [-0.39, 0.29) is 5.58 Å². The Morgan fingerprint density at radius 2 is 2.33 bits per heavy atom. The molecule has 2 aromatic rings. The van der Waals surface area contributed by atoms with Crippen LogP contribution >= 0.6 is 0 Å². The zero-order chi connectivity index (χ0) is 8.55. The van der Waals surface area contributed by atoms with E-state index < -0.39 is 5.82 Å². The van der Waals surface area contributed by atoms with Crippen LogP contribution in [0.15, 0.2) is 29.5 Å². The minimum Gasteiger partial charge on any atom is -0.440 e. The highest BCUT2D eigenvalue weighted by molar-refractivity contribution is 5.76. The normalized spacial score (nSPS) is 10.4. The van der Waals surface area contributed by atoms with Gasteiger partial charge in [-0.15, -0.1) is 0 Å². The SMILES string of the molecule is C=Cc1cc(F)c2ocnc2c1. The van der Waals surface area contributed by atoms with E-state index >= 15 is 0 Å². The molecule has 1 aromatic heterocycles. The van der Waals surface area contributed by atoms with Crippen LogP contribution in [0, 0.1) is 5.82 Å². The van der Waals surface area contributed by atoms with Crippen LogP contribution in [-0.2, 0) is 0 Å². The van der Waals surface area contributed by atoms with Crippen molar-refractivity contribution < 1.29 is 8.81 Å². The second-order valence-electron chi connectivity index (χ2n) is 2.41. The van der Waals surface area contributed by atoms with Gasteiger partial charge in [-0.25, -0.2) is 9.37 Å². The van der Waals surface area contributed by atoms with Gasteiger partial charge in [0.2, 0.25) is 0 Å². The Balaban J connectivity index is 2.83. The molecule has 0 aliphatic heterocycles. The summed E-state index contributed by atoms with van der Waals surface area (Å²) in [6, 6.07) is 3.08. The minimum absolute atomic E-state index is 0.195. The van der Waals surface area contributed by atoms with Crippen molar-refractivity contribution in [3.05, 3.63) is 36.5 Å². The van der Waals surface area contributed by atoms with Crippen LogP contribution in [0.25, 0.3) is 17.2 Å². The smallest absolute Gasteiger partial charge is 0.190 e. The van der Waals surface area contributed by atoms with Gasteiger partial charge in [0.1, 0.15) is 5.52 Å². The molecular weight excluding hydrogens is 157 g/mol. The molecule has 2 rings (SSSR count). The molecule has 0 bridgehead atoms. The number of halogens is 1. The first-order valence-electron chi connectivity index (χ1n) is 3.46. The summed E-state index contributed by atoms with van der Waals surface area (Å²) < 4.78 is 17.9. The van der Waals surface area contributed by atoms with E-state index in [9.17, 15) is 4.39 Å². The van der Waals surface area contributed by atoms with Gasteiger partial charge in [0, 0.05) is 0 Å². The summed E-state index contributed by atoms with van der Waals surface area (Å²) in [6.07, 6.45) is 2.79. The Hall–Kier alpha value is -1.64. The van der Waals surface area contributed by atoms with E-state index in [1.54, 1.807) is 12.1 Å². The van der Waals surface area contributed by atoms with Crippen LogP contribution in [-0.4, -0.2) is 4.98 Å². The Morgan fingerprint density at radius 1 is 1.50 bits per heavy atom. The van der Waals surface area contributed by atoms with E-state index in [1.165, 1.54) is 12.5 Å². The average molecular weight is 163 g/mol. The maximum absolute atomic E-state index is 13.1. The summed E-state index contributed by atoms with van der Waals surface area (Å²) in [7, 11) is 0. The fourth-order valence-corrected chi connectivity index (χ4v) is 1.07. The Kier molecular flexibility index (Phi) is 1.43. The number of nitrogens with zero attached hydrogens (tertiary/aromatic N) is 1. The van der Waals surface area contributed by atoms with Crippen molar-refractivity contribution in [1.82, 2.24) is 4.98 Å². The van der Waals surface area contributed by atoms with Gasteiger partial charge in [-0.05, 0) is 17.7 Å². The molecule has 0 N–H and O–H groups in total. The van der Waals surface area contributed by atoms with E-state index in [1.807, 2.05) is 0 Å². The van der Waals surface area contributed by atoms with Gasteiger partial charge < -0.3 is 4.42 Å². The third-order valence-corrected chi connectivity index (χ3v) is 1.64. The van der Waals surface area contributed by atoms with Crippen molar-refractivity contribution in [2.24, 2.45) is 0 Å². The third kappa shape index (κ3) is 0.906. The van der Waals surface area contributed by atoms with E-state index in [0.29, 0.717) is 11.1 Å². The van der Waals surface area contributed by atoms with Crippen LogP contribution in [0.3, 0.4) is 0 Å². The molecule has 1 heterocycles. The molecule has 12 heavy (non-hydrogen) atoms. The minimum atomic E-state index is -0.403. The van der Waals surface area contributed by atoms with Crippen LogP contribution < -0.4 is 0 Å². The summed E-state index contributed by atoms with van der Waals surface area (Å²) in [4.78, 5) is 3.83. The monoisotopic (exact) mass is 163 g/mol. The van der Waals surface area contributed by atoms with Crippen LogP contribution in [0.2, 0.25) is 0 Å². The van der Waals surface area contributed by atoms with E-state index in [0.717, 1.165) is 0 Å². The zero-order valence-electron chi connectivity index (χ0n) is 6.25. The van der Waals surface area contributed by atoms with Crippen molar-refractivity contribution in [2.75, 3.05) is 0 Å². The Bertz CT molecular complexity index is 433. The number of aromatic nitrogens is 1. The van der Waals surface area contributed by atoms with Crippen molar-refractivity contribution in [3.63, 3.8) is 0 Å². The standard InChI is InChI=1S/C9H6FNO/c1-2-6-3-7(10)9-8(4-6)11-5-12-9/h2-5H,1H2. The second kappa shape index (κ2) is 2.44. The largest absolute Gasteiger partial charge is 0.440 e. The summed E-state index contributed by atoms with van der Waals surface area (Å²) in [6.45, 7) is 3.54. The number of oxazole rings is 1. The number of rotatable bonds is 1. The fourth-order valence-electron chi connectivity index (χ4n) is 1.07. The topological polar surface area (TPSA) is 26.0 Å². The first kappa shape index (κ1) is 7.03. The number of hydrogen-bond donors (Lipinski definition) is 0. The first-order chi connectivity index (χ1) is 5.81. The van der Waals surface area contributed by atoms with Gasteiger partial charge in [-0.3, -0.25) is 0 Å². The Morgan fingerprint density at radius 3 is 3.08 bits per heavy atom. The maximum atomic E-state index is 13.1. The zero-order valence-corrected chi connectivity index (χ0v) is 6.25. The van der Waals surface area contributed by atoms with Crippen molar-refractivity contribution >= 4 is 17.2 Å². The highest BCUT2D eigenvalue weighted by atomic mass is 19.1. The molecule has 60 valence electrons. The van der Waals surface area contributed by atoms with Gasteiger partial charge in [-0.1, -0.05) is 12.7 Å². The predicted molar refractivity (Wildman–Crippen MR) is 44.1 cm³/mol. The van der Waals surface area contributed by atoms with Crippen molar-refractivity contribution in [2.45, 2.75) is 0 Å². The summed E-state index contributed by atoms with van der Waals surface area (Å²) in [5.41, 5.74) is 1.42. The number of benzene rings is 1. The molecule has 0 aliphatic carbocycles. The molecule has 0 atom stereocenters. The van der Waals surface area contributed by atoms with Gasteiger partial charge in [0.25, 0.3) is 0 Å². The maximum Gasteiger partial charge on any atom is 0.190 e. The molecule has 0 saturated heterocycles. The number of fused-ring (bicyclic) bond motifs is 1. The lowest BCUT2D eigenvalue weighted by Gasteiger charge is -1.92. The lowest BCUT2D eigenvalue weighted by molar-refractivity contribution is 0.554. The Labute approximate surface area is 68.3 Å². The van der Waals surface area contributed by atoms with Crippen LogP contribution in [0.5, 0.6) is 0 Å². The molecule has 1 aromatic carbocycles. The summed E-state index contributed by atoms with van der Waals surface area (Å²) >= 11 is 0. The molecule has 0 unspecified atom stereocenters. The fraction of sp³-hybridized carbons (Fsp3) is 0. The van der Waals surface area contributed by atoms with Gasteiger partial charge in [-0.2, -0.15) is 0 Å². The second-order valence-corrected chi connectivity index (χ2v) is 2.41. The van der Waals surface area contributed by atoms with Crippen molar-refractivity contribution in [3.8, 4) is 0 Å².